The first-order chi connectivity index (χ1) is 11.2. The molecule has 0 bridgehead atoms. The molecule has 3 N–H and O–H groups in total. The van der Waals surface area contributed by atoms with Crippen molar-refractivity contribution in [1.29, 1.82) is 0 Å². The Morgan fingerprint density at radius 2 is 1.75 bits per heavy atom. The van der Waals surface area contributed by atoms with Crippen LogP contribution in [0.3, 0.4) is 0 Å². The summed E-state index contributed by atoms with van der Waals surface area (Å²) in [4.78, 5) is 12.7. The molecule has 1 fully saturated rings. The third kappa shape index (κ3) is 6.03. The summed E-state index contributed by atoms with van der Waals surface area (Å²) in [6.07, 6.45) is 2.79. The van der Waals surface area contributed by atoms with E-state index in [4.69, 9.17) is 0 Å². The minimum Gasteiger partial charge on any atom is -0.392 e. The van der Waals surface area contributed by atoms with Crippen LogP contribution in [0.4, 0.5) is 0 Å². The first-order valence-corrected chi connectivity index (χ1v) is 9.94. The monoisotopic (exact) mass is 340 g/mol. The van der Waals surface area contributed by atoms with E-state index in [1.54, 1.807) is 0 Å². The number of carbonyl (C=O) groups is 1. The van der Waals surface area contributed by atoms with Crippen molar-refractivity contribution in [2.75, 3.05) is 6.54 Å². The molecule has 0 spiro atoms. The number of rotatable bonds is 11. The Labute approximate surface area is 149 Å². The van der Waals surface area contributed by atoms with Gasteiger partial charge < -0.3 is 15.7 Å². The molecule has 0 aromatic heterocycles. The van der Waals surface area contributed by atoms with E-state index in [1.807, 2.05) is 13.8 Å². The van der Waals surface area contributed by atoms with Gasteiger partial charge >= 0.3 is 0 Å². The second kappa shape index (κ2) is 9.76. The average Bonchev–Trinajstić information content (AvgIpc) is 3.25. The zero-order chi connectivity index (χ0) is 18.4. The molecule has 1 amide bonds. The molecule has 0 aromatic carbocycles. The quantitative estimate of drug-likeness (QED) is 0.541. The predicted octanol–water partition coefficient (Wildman–Crippen LogP) is 3.19. The Bertz CT molecular complexity index is 386. The van der Waals surface area contributed by atoms with Crippen molar-refractivity contribution in [2.45, 2.75) is 85.9 Å². The number of carbonyl (C=O) groups excluding carboxylic acids is 1. The van der Waals surface area contributed by atoms with Gasteiger partial charge in [0.15, 0.2) is 0 Å². The minimum absolute atomic E-state index is 0.0156. The number of aliphatic hydroxyl groups excluding tert-OH is 1. The van der Waals surface area contributed by atoms with Crippen LogP contribution in [0, 0.1) is 29.6 Å². The molecule has 1 aliphatic rings. The lowest BCUT2D eigenvalue weighted by Crippen LogP contribution is -2.48. The molecule has 0 radical (unpaired) electrons. The molecule has 0 aliphatic heterocycles. The maximum absolute atomic E-state index is 12.7. The van der Waals surface area contributed by atoms with Gasteiger partial charge in [-0.15, -0.1) is 0 Å². The van der Waals surface area contributed by atoms with E-state index in [0.717, 1.165) is 19.3 Å². The van der Waals surface area contributed by atoms with Crippen molar-refractivity contribution >= 4 is 5.91 Å². The van der Waals surface area contributed by atoms with Gasteiger partial charge in [0.1, 0.15) is 0 Å². The zero-order valence-corrected chi connectivity index (χ0v) is 16.8. The Morgan fingerprint density at radius 3 is 2.17 bits per heavy atom. The Kier molecular flexibility index (Phi) is 8.72. The summed E-state index contributed by atoms with van der Waals surface area (Å²) in [5, 5.41) is 16.9. The van der Waals surface area contributed by atoms with E-state index in [1.165, 1.54) is 0 Å². The van der Waals surface area contributed by atoms with Crippen molar-refractivity contribution < 1.29 is 9.90 Å². The Hall–Kier alpha value is -0.610. The zero-order valence-electron chi connectivity index (χ0n) is 16.8. The average molecular weight is 341 g/mol. The van der Waals surface area contributed by atoms with Gasteiger partial charge in [-0.25, -0.2) is 0 Å². The van der Waals surface area contributed by atoms with Crippen LogP contribution < -0.4 is 10.6 Å². The molecular formula is C20H40N2O2. The third-order valence-electron chi connectivity index (χ3n) is 5.87. The van der Waals surface area contributed by atoms with Crippen molar-refractivity contribution in [1.82, 2.24) is 10.6 Å². The summed E-state index contributed by atoms with van der Waals surface area (Å²) in [6.45, 7) is 15.6. The fourth-order valence-corrected chi connectivity index (χ4v) is 4.02. The number of amides is 1. The van der Waals surface area contributed by atoms with Gasteiger partial charge in [0.25, 0.3) is 0 Å². The van der Waals surface area contributed by atoms with E-state index in [0.29, 0.717) is 24.3 Å². The fraction of sp³-hybridized carbons (Fsp3) is 0.950. The van der Waals surface area contributed by atoms with Crippen LogP contribution in [0.2, 0.25) is 0 Å². The lowest BCUT2D eigenvalue weighted by molar-refractivity contribution is -0.128. The highest BCUT2D eigenvalue weighted by molar-refractivity contribution is 5.79. The number of nitrogens with one attached hydrogen (secondary N) is 2. The molecule has 142 valence electrons. The van der Waals surface area contributed by atoms with Gasteiger partial charge in [0.05, 0.1) is 6.10 Å². The largest absolute Gasteiger partial charge is 0.392 e. The van der Waals surface area contributed by atoms with E-state index in [9.17, 15) is 9.90 Å². The lowest BCUT2D eigenvalue weighted by Gasteiger charge is -2.36. The molecule has 0 aromatic rings. The SMILES string of the molecule is CCC(C)C(C(C)NCC(O)C1CC1C)C(CC)C(=O)NC(C)C. The lowest BCUT2D eigenvalue weighted by atomic mass is 9.75. The van der Waals surface area contributed by atoms with Gasteiger partial charge in [-0.3, -0.25) is 4.79 Å². The van der Waals surface area contributed by atoms with Crippen LogP contribution in [0.1, 0.15) is 67.7 Å². The molecule has 0 saturated heterocycles. The summed E-state index contributed by atoms with van der Waals surface area (Å²) < 4.78 is 0. The van der Waals surface area contributed by atoms with E-state index >= 15 is 0 Å². The van der Waals surface area contributed by atoms with Gasteiger partial charge in [-0.05, 0) is 57.3 Å². The minimum atomic E-state index is -0.260. The number of hydrogen-bond donors (Lipinski definition) is 3. The van der Waals surface area contributed by atoms with E-state index < -0.39 is 0 Å². The van der Waals surface area contributed by atoms with Crippen LogP contribution >= 0.6 is 0 Å². The Morgan fingerprint density at radius 1 is 1.17 bits per heavy atom. The topological polar surface area (TPSA) is 61.4 Å². The smallest absolute Gasteiger partial charge is 0.223 e. The highest BCUT2D eigenvalue weighted by Gasteiger charge is 2.39. The first-order valence-electron chi connectivity index (χ1n) is 9.94. The third-order valence-corrected chi connectivity index (χ3v) is 5.87. The van der Waals surface area contributed by atoms with Gasteiger partial charge in [-0.1, -0.05) is 34.1 Å². The van der Waals surface area contributed by atoms with Gasteiger partial charge in [-0.2, -0.15) is 0 Å². The molecule has 0 heterocycles. The fourth-order valence-electron chi connectivity index (χ4n) is 4.02. The van der Waals surface area contributed by atoms with Gasteiger partial charge in [0.2, 0.25) is 5.91 Å². The van der Waals surface area contributed by atoms with Crippen LogP contribution in [0.5, 0.6) is 0 Å². The summed E-state index contributed by atoms with van der Waals surface area (Å²) in [7, 11) is 0. The standard InChI is InChI=1S/C20H40N2O2/c1-8-13(5)19(16(9-2)20(24)22-12(3)4)15(7)21-11-18(23)17-10-14(17)6/h12-19,21,23H,8-11H2,1-7H3,(H,22,24). The van der Waals surface area contributed by atoms with Crippen LogP contribution in [0.25, 0.3) is 0 Å². The molecule has 1 rings (SSSR count). The predicted molar refractivity (Wildman–Crippen MR) is 101 cm³/mol. The summed E-state index contributed by atoms with van der Waals surface area (Å²) in [6, 6.07) is 0.386. The maximum Gasteiger partial charge on any atom is 0.223 e. The maximum atomic E-state index is 12.7. The molecule has 24 heavy (non-hydrogen) atoms. The molecule has 7 unspecified atom stereocenters. The second-order valence-corrected chi connectivity index (χ2v) is 8.28. The number of hydrogen-bond acceptors (Lipinski definition) is 3. The first kappa shape index (κ1) is 21.4. The normalized spacial score (nSPS) is 26.5. The molecule has 1 aliphatic carbocycles. The van der Waals surface area contributed by atoms with Crippen molar-refractivity contribution in [3.63, 3.8) is 0 Å². The summed E-state index contributed by atoms with van der Waals surface area (Å²) >= 11 is 0. The van der Waals surface area contributed by atoms with Crippen LogP contribution in [0.15, 0.2) is 0 Å². The van der Waals surface area contributed by atoms with Crippen LogP contribution in [-0.2, 0) is 4.79 Å². The van der Waals surface area contributed by atoms with Crippen molar-refractivity contribution in [2.24, 2.45) is 29.6 Å². The van der Waals surface area contributed by atoms with Gasteiger partial charge in [0, 0.05) is 24.5 Å². The molecule has 4 nitrogen and oxygen atoms in total. The molecular weight excluding hydrogens is 300 g/mol. The van der Waals surface area contributed by atoms with Crippen molar-refractivity contribution in [3.8, 4) is 0 Å². The Balaban J connectivity index is 2.72. The van der Waals surface area contributed by atoms with E-state index in [-0.39, 0.29) is 35.9 Å². The van der Waals surface area contributed by atoms with E-state index in [2.05, 4.69) is 45.3 Å². The molecule has 1 saturated carbocycles. The molecule has 4 heteroatoms. The highest BCUT2D eigenvalue weighted by Crippen LogP contribution is 2.40. The molecule has 7 atom stereocenters. The summed E-state index contributed by atoms with van der Waals surface area (Å²) in [5.41, 5.74) is 0. The highest BCUT2D eigenvalue weighted by atomic mass is 16.3. The van der Waals surface area contributed by atoms with Crippen molar-refractivity contribution in [3.05, 3.63) is 0 Å². The van der Waals surface area contributed by atoms with Crippen LogP contribution in [-0.4, -0.2) is 35.7 Å². The number of aliphatic hydroxyl groups is 1. The summed E-state index contributed by atoms with van der Waals surface area (Å²) in [5.74, 6) is 2.04. The second-order valence-electron chi connectivity index (χ2n) is 8.28.